The number of hydrogen-bond acceptors (Lipinski definition) is 6. The highest BCUT2D eigenvalue weighted by molar-refractivity contribution is 6.04. The summed E-state index contributed by atoms with van der Waals surface area (Å²) in [6.07, 6.45) is -1.14. The van der Waals surface area contributed by atoms with Crippen LogP contribution in [0.2, 0.25) is 0 Å². The molecule has 2 saturated heterocycles. The second-order valence-electron chi connectivity index (χ2n) is 7.29. The number of morpholine rings is 1. The maximum absolute atomic E-state index is 12.4. The van der Waals surface area contributed by atoms with Crippen molar-refractivity contribution >= 4 is 35.3 Å². The Morgan fingerprint density at radius 2 is 1.66 bits per heavy atom. The van der Waals surface area contributed by atoms with E-state index in [1.165, 1.54) is 23.1 Å². The largest absolute Gasteiger partial charge is 0.478 e. The fourth-order valence-corrected chi connectivity index (χ4v) is 3.61. The molecule has 2 heterocycles. The minimum Gasteiger partial charge on any atom is -0.478 e. The van der Waals surface area contributed by atoms with Crippen LogP contribution < -0.4 is 15.1 Å². The molecule has 32 heavy (non-hydrogen) atoms. The lowest BCUT2D eigenvalue weighted by Crippen LogP contribution is -2.41. The first-order chi connectivity index (χ1) is 15.4. The van der Waals surface area contributed by atoms with E-state index in [1.807, 2.05) is 0 Å². The van der Waals surface area contributed by atoms with Gasteiger partial charge < -0.3 is 24.8 Å². The lowest BCUT2D eigenvalue weighted by Gasteiger charge is -2.27. The minimum absolute atomic E-state index is 0.0365. The Morgan fingerprint density at radius 3 is 2.31 bits per heavy atom. The number of ether oxygens (including phenoxy) is 2. The van der Waals surface area contributed by atoms with Gasteiger partial charge in [0, 0.05) is 17.9 Å². The molecule has 0 unspecified atom stereocenters. The van der Waals surface area contributed by atoms with Gasteiger partial charge in [-0.3, -0.25) is 14.5 Å². The van der Waals surface area contributed by atoms with Crippen molar-refractivity contribution in [3.8, 4) is 0 Å². The lowest BCUT2D eigenvalue weighted by molar-refractivity contribution is -0.125. The van der Waals surface area contributed by atoms with E-state index in [0.717, 1.165) is 5.69 Å². The maximum Gasteiger partial charge on any atom is 0.414 e. The van der Waals surface area contributed by atoms with Crippen LogP contribution in [0.1, 0.15) is 20.7 Å². The van der Waals surface area contributed by atoms with Gasteiger partial charge in [-0.2, -0.15) is 0 Å². The van der Waals surface area contributed by atoms with Gasteiger partial charge in [0.15, 0.2) is 0 Å². The van der Waals surface area contributed by atoms with E-state index in [0.29, 0.717) is 18.8 Å². The predicted octanol–water partition coefficient (Wildman–Crippen LogP) is 1.50. The number of carboxylic acid groups (broad SMARTS) is 1. The van der Waals surface area contributed by atoms with Gasteiger partial charge in [-0.15, -0.1) is 0 Å². The smallest absolute Gasteiger partial charge is 0.414 e. The molecule has 0 aromatic heterocycles. The SMILES string of the molecule is O=C(O)c1ccccc1C(=O)NC[C@@H]1CN(c2ccc(N3CCOCC3=O)cc2)C(=O)O1. The van der Waals surface area contributed by atoms with E-state index in [2.05, 4.69) is 5.32 Å². The molecule has 0 spiro atoms. The lowest BCUT2D eigenvalue weighted by atomic mass is 10.1. The molecule has 0 radical (unpaired) electrons. The number of aromatic carboxylic acids is 1. The van der Waals surface area contributed by atoms with Gasteiger partial charge in [0.2, 0.25) is 0 Å². The molecule has 2 aliphatic rings. The Kier molecular flexibility index (Phi) is 6.04. The standard InChI is InChI=1S/C22H21N3O7/c26-19-13-31-10-9-24(19)14-5-7-15(8-6-14)25-12-16(32-22(25)30)11-23-20(27)17-3-1-2-4-18(17)21(28)29/h1-8,16H,9-13H2,(H,23,27)(H,28,29)/t16-/m1/s1. The van der Waals surface area contributed by atoms with Crippen LogP contribution in [0, 0.1) is 0 Å². The molecule has 0 bridgehead atoms. The van der Waals surface area contributed by atoms with Crippen LogP contribution in [-0.2, 0) is 14.3 Å². The van der Waals surface area contributed by atoms with Crippen LogP contribution in [0.3, 0.4) is 0 Å². The van der Waals surface area contributed by atoms with E-state index in [4.69, 9.17) is 9.47 Å². The average Bonchev–Trinajstić information content (AvgIpc) is 3.18. The van der Waals surface area contributed by atoms with Crippen molar-refractivity contribution in [2.75, 3.05) is 42.6 Å². The van der Waals surface area contributed by atoms with E-state index in [9.17, 15) is 24.3 Å². The normalized spacial score (nSPS) is 18.4. The quantitative estimate of drug-likeness (QED) is 0.699. The average molecular weight is 439 g/mol. The second-order valence-corrected chi connectivity index (χ2v) is 7.29. The van der Waals surface area contributed by atoms with Crippen molar-refractivity contribution in [3.63, 3.8) is 0 Å². The third-order valence-electron chi connectivity index (χ3n) is 5.23. The molecule has 2 aromatic rings. The number of carbonyl (C=O) groups is 4. The summed E-state index contributed by atoms with van der Waals surface area (Å²) in [5, 5.41) is 11.8. The van der Waals surface area contributed by atoms with Crippen molar-refractivity contribution in [2.45, 2.75) is 6.10 Å². The monoisotopic (exact) mass is 439 g/mol. The molecule has 2 N–H and O–H groups in total. The van der Waals surface area contributed by atoms with E-state index >= 15 is 0 Å². The number of cyclic esters (lactones) is 1. The summed E-state index contributed by atoms with van der Waals surface area (Å²) in [6, 6.07) is 12.8. The highest BCUT2D eigenvalue weighted by Crippen LogP contribution is 2.25. The third kappa shape index (κ3) is 4.40. The molecule has 3 amide bonds. The van der Waals surface area contributed by atoms with Gasteiger partial charge >= 0.3 is 12.1 Å². The number of carboxylic acids is 1. The van der Waals surface area contributed by atoms with Gasteiger partial charge in [-0.1, -0.05) is 12.1 Å². The van der Waals surface area contributed by atoms with Gasteiger partial charge in [-0.25, -0.2) is 9.59 Å². The van der Waals surface area contributed by atoms with Crippen molar-refractivity contribution < 1.29 is 33.8 Å². The number of nitrogens with one attached hydrogen (secondary N) is 1. The Balaban J connectivity index is 1.37. The summed E-state index contributed by atoms with van der Waals surface area (Å²) >= 11 is 0. The Hall–Kier alpha value is -3.92. The molecule has 10 heteroatoms. The van der Waals surface area contributed by atoms with Crippen LogP contribution in [0.15, 0.2) is 48.5 Å². The summed E-state index contributed by atoms with van der Waals surface area (Å²) in [4.78, 5) is 51.0. The third-order valence-corrected chi connectivity index (χ3v) is 5.23. The van der Waals surface area contributed by atoms with Gasteiger partial charge in [0.1, 0.15) is 12.7 Å². The van der Waals surface area contributed by atoms with Gasteiger partial charge in [0.05, 0.1) is 30.8 Å². The zero-order valence-corrected chi connectivity index (χ0v) is 17.0. The molecule has 0 saturated carbocycles. The molecule has 10 nitrogen and oxygen atoms in total. The van der Waals surface area contributed by atoms with E-state index < -0.39 is 24.1 Å². The van der Waals surface area contributed by atoms with Crippen LogP contribution in [0.25, 0.3) is 0 Å². The second kappa shape index (κ2) is 9.06. The summed E-state index contributed by atoms with van der Waals surface area (Å²) < 4.78 is 10.5. The van der Waals surface area contributed by atoms with Crippen LogP contribution in [0.5, 0.6) is 0 Å². The summed E-state index contributed by atoms with van der Waals surface area (Å²) in [7, 11) is 0. The van der Waals surface area contributed by atoms with Crippen molar-refractivity contribution in [1.82, 2.24) is 5.32 Å². The molecule has 1 atom stereocenters. The Bertz CT molecular complexity index is 1050. The minimum atomic E-state index is -1.20. The molecular formula is C22H21N3O7. The fourth-order valence-electron chi connectivity index (χ4n) is 3.61. The number of amides is 3. The zero-order valence-electron chi connectivity index (χ0n) is 17.0. The molecule has 4 rings (SSSR count). The van der Waals surface area contributed by atoms with E-state index in [-0.39, 0.29) is 36.7 Å². The van der Waals surface area contributed by atoms with Crippen LogP contribution >= 0.6 is 0 Å². The van der Waals surface area contributed by atoms with Crippen molar-refractivity contribution in [3.05, 3.63) is 59.7 Å². The molecule has 166 valence electrons. The van der Waals surface area contributed by atoms with E-state index in [1.54, 1.807) is 35.2 Å². The first-order valence-corrected chi connectivity index (χ1v) is 10.0. The van der Waals surface area contributed by atoms with Crippen LogP contribution in [-0.4, -0.2) is 67.9 Å². The number of rotatable bonds is 6. The topological polar surface area (TPSA) is 125 Å². The summed E-state index contributed by atoms with van der Waals surface area (Å²) in [5.41, 5.74) is 1.25. The molecular weight excluding hydrogens is 418 g/mol. The summed E-state index contributed by atoms with van der Waals surface area (Å²) in [6.45, 7) is 1.24. The highest BCUT2D eigenvalue weighted by atomic mass is 16.6. The van der Waals surface area contributed by atoms with Crippen LogP contribution in [0.4, 0.5) is 16.2 Å². The molecule has 2 aliphatic heterocycles. The van der Waals surface area contributed by atoms with Crippen molar-refractivity contribution in [2.24, 2.45) is 0 Å². The fraction of sp³-hybridized carbons (Fsp3) is 0.273. The maximum atomic E-state index is 12.4. The number of anilines is 2. The highest BCUT2D eigenvalue weighted by Gasteiger charge is 2.33. The first kappa shape index (κ1) is 21.3. The van der Waals surface area contributed by atoms with Gasteiger partial charge in [0.25, 0.3) is 11.8 Å². The Morgan fingerprint density at radius 1 is 1.00 bits per heavy atom. The number of carbonyl (C=O) groups excluding carboxylic acids is 3. The zero-order chi connectivity index (χ0) is 22.7. The molecule has 2 aromatic carbocycles. The number of hydrogen-bond donors (Lipinski definition) is 2. The summed E-state index contributed by atoms with van der Waals surface area (Å²) in [5.74, 6) is -1.88. The van der Waals surface area contributed by atoms with Gasteiger partial charge in [-0.05, 0) is 36.4 Å². The number of nitrogens with zero attached hydrogens (tertiary/aromatic N) is 2. The molecule has 0 aliphatic carbocycles. The predicted molar refractivity (Wildman–Crippen MR) is 113 cm³/mol. The van der Waals surface area contributed by atoms with Crippen molar-refractivity contribution in [1.29, 1.82) is 0 Å². The first-order valence-electron chi connectivity index (χ1n) is 10.0. The number of benzene rings is 2. The Labute approximate surface area is 183 Å². The molecule has 2 fully saturated rings.